The smallest absolute Gasteiger partial charge is 0.306 e. The maximum atomic E-state index is 12.0. The van der Waals surface area contributed by atoms with Crippen molar-refractivity contribution in [1.82, 2.24) is 15.1 Å². The zero-order valence-corrected chi connectivity index (χ0v) is 12.7. The Morgan fingerprint density at radius 1 is 1.33 bits per heavy atom. The summed E-state index contributed by atoms with van der Waals surface area (Å²) < 4.78 is 1.30. The van der Waals surface area contributed by atoms with Crippen LogP contribution in [0.25, 0.3) is 0 Å². The number of carbonyl (C=O) groups is 2. The van der Waals surface area contributed by atoms with Gasteiger partial charge in [0.2, 0.25) is 5.91 Å². The number of nitro groups is 1. The standard InChI is InChI=1S/C15H16N4O5/c20-14(6-7-18-10-12(9-16-18)19(23)24)17-13(8-15(21)22)11-4-2-1-3-5-11/h1-5,9-10,13H,6-8H2,(H,17,20)(H,21,22). The predicted molar refractivity (Wildman–Crippen MR) is 83.1 cm³/mol. The van der Waals surface area contributed by atoms with Crippen molar-refractivity contribution in [2.24, 2.45) is 0 Å². The van der Waals surface area contributed by atoms with E-state index in [0.29, 0.717) is 5.56 Å². The molecule has 24 heavy (non-hydrogen) atoms. The summed E-state index contributed by atoms with van der Waals surface area (Å²) in [7, 11) is 0. The summed E-state index contributed by atoms with van der Waals surface area (Å²) >= 11 is 0. The maximum absolute atomic E-state index is 12.0. The van der Waals surface area contributed by atoms with Crippen molar-refractivity contribution in [1.29, 1.82) is 0 Å². The van der Waals surface area contributed by atoms with E-state index in [1.165, 1.54) is 10.9 Å². The lowest BCUT2D eigenvalue weighted by atomic mass is 10.0. The Morgan fingerprint density at radius 2 is 2.04 bits per heavy atom. The molecule has 0 fully saturated rings. The van der Waals surface area contributed by atoms with Crippen LogP contribution in [0.4, 0.5) is 5.69 Å². The predicted octanol–water partition coefficient (Wildman–Crippen LogP) is 1.51. The highest BCUT2D eigenvalue weighted by molar-refractivity contribution is 5.77. The van der Waals surface area contributed by atoms with Crippen molar-refractivity contribution >= 4 is 17.6 Å². The highest BCUT2D eigenvalue weighted by atomic mass is 16.6. The molecular formula is C15H16N4O5. The number of aliphatic carboxylic acids is 1. The fraction of sp³-hybridized carbons (Fsp3) is 0.267. The minimum atomic E-state index is -1.02. The SMILES string of the molecule is O=C(O)CC(NC(=O)CCn1cc([N+](=O)[O-])cn1)c1ccccc1. The average molecular weight is 332 g/mol. The molecule has 1 amide bonds. The minimum Gasteiger partial charge on any atom is -0.481 e. The van der Waals surface area contributed by atoms with E-state index < -0.39 is 16.9 Å². The lowest BCUT2D eigenvalue weighted by molar-refractivity contribution is -0.385. The van der Waals surface area contributed by atoms with Crippen LogP contribution < -0.4 is 5.32 Å². The molecule has 9 nitrogen and oxygen atoms in total. The van der Waals surface area contributed by atoms with Gasteiger partial charge in [0.05, 0.1) is 17.4 Å². The molecular weight excluding hydrogens is 316 g/mol. The zero-order valence-electron chi connectivity index (χ0n) is 12.7. The summed E-state index contributed by atoms with van der Waals surface area (Å²) in [4.78, 5) is 33.0. The number of aromatic nitrogens is 2. The van der Waals surface area contributed by atoms with Crippen LogP contribution in [0.15, 0.2) is 42.7 Å². The summed E-state index contributed by atoms with van der Waals surface area (Å²) in [5.74, 6) is -1.38. The molecule has 0 saturated heterocycles. The molecule has 1 aromatic heterocycles. The third kappa shape index (κ3) is 4.90. The Kier molecular flexibility index (Phi) is 5.61. The topological polar surface area (TPSA) is 127 Å². The normalized spacial score (nSPS) is 11.7. The molecule has 2 aromatic rings. The summed E-state index contributed by atoms with van der Waals surface area (Å²) in [6.07, 6.45) is 2.14. The summed E-state index contributed by atoms with van der Waals surface area (Å²) in [5, 5.41) is 26.0. The molecule has 2 N–H and O–H groups in total. The summed E-state index contributed by atoms with van der Waals surface area (Å²) in [6.45, 7) is 0.161. The zero-order chi connectivity index (χ0) is 17.5. The van der Waals surface area contributed by atoms with Gasteiger partial charge in [-0.15, -0.1) is 0 Å². The lowest BCUT2D eigenvalue weighted by Crippen LogP contribution is -2.30. The van der Waals surface area contributed by atoms with Crippen LogP contribution in [0.1, 0.15) is 24.4 Å². The molecule has 0 aliphatic heterocycles. The Labute approximate surface area is 137 Å². The molecule has 1 atom stereocenters. The van der Waals surface area contributed by atoms with Gasteiger partial charge in [-0.05, 0) is 5.56 Å². The number of hydrogen-bond donors (Lipinski definition) is 2. The average Bonchev–Trinajstić information content (AvgIpc) is 3.02. The molecule has 1 aromatic carbocycles. The molecule has 2 rings (SSSR count). The van der Waals surface area contributed by atoms with E-state index in [1.54, 1.807) is 30.3 Å². The molecule has 1 heterocycles. The van der Waals surface area contributed by atoms with Gasteiger partial charge in [0.1, 0.15) is 12.4 Å². The van der Waals surface area contributed by atoms with Gasteiger partial charge < -0.3 is 10.4 Å². The summed E-state index contributed by atoms with van der Waals surface area (Å²) in [6, 6.07) is 8.17. The van der Waals surface area contributed by atoms with Gasteiger partial charge in [-0.25, -0.2) is 0 Å². The monoisotopic (exact) mass is 332 g/mol. The van der Waals surface area contributed by atoms with Crippen LogP contribution in [0.2, 0.25) is 0 Å². The number of aryl methyl sites for hydroxylation is 1. The Bertz CT molecular complexity index is 728. The number of carboxylic acids is 1. The number of nitrogens with one attached hydrogen (secondary N) is 1. The van der Waals surface area contributed by atoms with Gasteiger partial charge in [0.15, 0.2) is 0 Å². The highest BCUT2D eigenvalue weighted by Crippen LogP contribution is 2.16. The number of benzene rings is 1. The quantitative estimate of drug-likeness (QED) is 0.557. The van der Waals surface area contributed by atoms with E-state index in [0.717, 1.165) is 6.20 Å². The Balaban J connectivity index is 1.94. The molecule has 0 aliphatic carbocycles. The van der Waals surface area contributed by atoms with Crippen molar-refractivity contribution < 1.29 is 19.6 Å². The van der Waals surface area contributed by atoms with Crippen LogP contribution in [0, 0.1) is 10.1 Å². The molecule has 126 valence electrons. The first-order valence-electron chi connectivity index (χ1n) is 7.18. The van der Waals surface area contributed by atoms with Gasteiger partial charge in [0, 0.05) is 13.0 Å². The van der Waals surface area contributed by atoms with Gasteiger partial charge >= 0.3 is 11.7 Å². The first kappa shape index (κ1) is 17.1. The maximum Gasteiger partial charge on any atom is 0.306 e. The molecule has 0 saturated carbocycles. The van der Waals surface area contributed by atoms with Crippen molar-refractivity contribution in [2.45, 2.75) is 25.4 Å². The number of nitrogens with zero attached hydrogens (tertiary/aromatic N) is 3. The first-order chi connectivity index (χ1) is 11.5. The number of carbonyl (C=O) groups excluding carboxylic acids is 1. The first-order valence-corrected chi connectivity index (χ1v) is 7.18. The second kappa shape index (κ2) is 7.86. The van der Waals surface area contributed by atoms with E-state index in [2.05, 4.69) is 10.4 Å². The van der Waals surface area contributed by atoms with Crippen LogP contribution in [0.3, 0.4) is 0 Å². The third-order valence-electron chi connectivity index (χ3n) is 3.31. The van der Waals surface area contributed by atoms with E-state index in [4.69, 9.17) is 5.11 Å². The van der Waals surface area contributed by atoms with E-state index >= 15 is 0 Å². The van der Waals surface area contributed by atoms with Crippen molar-refractivity contribution in [2.75, 3.05) is 0 Å². The van der Waals surface area contributed by atoms with E-state index in [9.17, 15) is 19.7 Å². The fourth-order valence-electron chi connectivity index (χ4n) is 2.16. The minimum absolute atomic E-state index is 0.0296. The highest BCUT2D eigenvalue weighted by Gasteiger charge is 2.18. The largest absolute Gasteiger partial charge is 0.481 e. The number of hydrogen-bond acceptors (Lipinski definition) is 5. The number of amides is 1. The number of rotatable bonds is 8. The van der Waals surface area contributed by atoms with E-state index in [-0.39, 0.29) is 31.0 Å². The molecule has 0 spiro atoms. The Hall–Kier alpha value is -3.23. The van der Waals surface area contributed by atoms with Gasteiger partial charge in [-0.3, -0.25) is 24.4 Å². The van der Waals surface area contributed by atoms with Crippen LogP contribution >= 0.6 is 0 Å². The van der Waals surface area contributed by atoms with Crippen molar-refractivity contribution in [3.63, 3.8) is 0 Å². The lowest BCUT2D eigenvalue weighted by Gasteiger charge is -2.17. The van der Waals surface area contributed by atoms with Crippen LogP contribution in [0.5, 0.6) is 0 Å². The fourth-order valence-corrected chi connectivity index (χ4v) is 2.16. The number of carboxylic acid groups (broad SMARTS) is 1. The van der Waals surface area contributed by atoms with Gasteiger partial charge in [-0.1, -0.05) is 30.3 Å². The summed E-state index contributed by atoms with van der Waals surface area (Å²) in [5.41, 5.74) is 0.548. The molecule has 1 unspecified atom stereocenters. The molecule has 0 bridgehead atoms. The van der Waals surface area contributed by atoms with Gasteiger partial charge in [0.25, 0.3) is 0 Å². The second-order valence-corrected chi connectivity index (χ2v) is 5.10. The second-order valence-electron chi connectivity index (χ2n) is 5.10. The Morgan fingerprint density at radius 3 is 2.62 bits per heavy atom. The van der Waals surface area contributed by atoms with Crippen LogP contribution in [-0.2, 0) is 16.1 Å². The molecule has 9 heteroatoms. The van der Waals surface area contributed by atoms with Gasteiger partial charge in [-0.2, -0.15) is 5.10 Å². The molecule has 0 aliphatic rings. The van der Waals surface area contributed by atoms with Crippen molar-refractivity contribution in [3.8, 4) is 0 Å². The van der Waals surface area contributed by atoms with Crippen molar-refractivity contribution in [3.05, 3.63) is 58.4 Å². The van der Waals surface area contributed by atoms with Crippen LogP contribution in [-0.4, -0.2) is 31.7 Å². The molecule has 0 radical (unpaired) electrons. The third-order valence-corrected chi connectivity index (χ3v) is 3.31. The van der Waals surface area contributed by atoms with E-state index in [1.807, 2.05) is 0 Å².